The van der Waals surface area contributed by atoms with Crippen LogP contribution in [0.4, 0.5) is 34.4 Å². The molecule has 1 aromatic heterocycles. The van der Waals surface area contributed by atoms with E-state index in [1.54, 1.807) is 48.5 Å². The second-order valence-corrected chi connectivity index (χ2v) is 5.89. The van der Waals surface area contributed by atoms with Crippen LogP contribution in [0, 0.1) is 20.2 Å². The van der Waals surface area contributed by atoms with E-state index in [2.05, 4.69) is 15.6 Å². The second-order valence-electron chi connectivity index (χ2n) is 5.89. The fourth-order valence-corrected chi connectivity index (χ4v) is 2.71. The van der Waals surface area contributed by atoms with Crippen LogP contribution in [0.15, 0.2) is 54.6 Å². The number of nitrogens with one attached hydrogen (secondary N) is 2. The number of nitrogens with zero attached hydrogens (tertiary/aromatic N) is 3. The van der Waals surface area contributed by atoms with Crippen LogP contribution in [0.5, 0.6) is 11.5 Å². The van der Waals surface area contributed by atoms with Gasteiger partial charge in [0, 0.05) is 0 Å². The number of para-hydroxylation sites is 4. The number of methoxy groups -OCH3 is 2. The molecule has 0 saturated carbocycles. The van der Waals surface area contributed by atoms with Crippen LogP contribution >= 0.6 is 0 Å². The third-order valence-corrected chi connectivity index (χ3v) is 4.10. The highest BCUT2D eigenvalue weighted by atomic mass is 16.6. The van der Waals surface area contributed by atoms with Crippen molar-refractivity contribution in [2.24, 2.45) is 0 Å². The first-order valence-electron chi connectivity index (χ1n) is 8.58. The van der Waals surface area contributed by atoms with Gasteiger partial charge in [0.25, 0.3) is 0 Å². The lowest BCUT2D eigenvalue weighted by molar-refractivity contribution is -0.393. The zero-order chi connectivity index (χ0) is 21.7. The van der Waals surface area contributed by atoms with Gasteiger partial charge in [-0.15, -0.1) is 0 Å². The lowest BCUT2D eigenvalue weighted by atomic mass is 10.2. The Hall–Kier alpha value is -4.41. The predicted octanol–water partition coefficient (Wildman–Crippen LogP) is 4.40. The minimum atomic E-state index is -0.745. The summed E-state index contributed by atoms with van der Waals surface area (Å²) in [6, 6.07) is 14.3. The van der Waals surface area contributed by atoms with Crippen molar-refractivity contribution in [3.8, 4) is 11.5 Å². The molecule has 0 amide bonds. The number of hydrogen-bond donors (Lipinski definition) is 2. The lowest BCUT2D eigenvalue weighted by Gasteiger charge is -2.13. The Labute approximate surface area is 170 Å². The standard InChI is InChI=1S/C19H17N5O6/c1-29-16-9-5-3-7-12(16)20-18-14(23(25)26)11-15(24(27)28)19(22-18)21-13-8-4-6-10-17(13)30-2/h3-11H,1-2H3,(H2,20,21,22). The maximum atomic E-state index is 11.5. The fourth-order valence-electron chi connectivity index (χ4n) is 2.71. The molecule has 0 aliphatic carbocycles. The minimum absolute atomic E-state index is 0.188. The van der Waals surface area contributed by atoms with E-state index in [9.17, 15) is 20.2 Å². The molecule has 0 unspecified atom stereocenters. The van der Waals surface area contributed by atoms with Gasteiger partial charge in [0.2, 0.25) is 11.6 Å². The van der Waals surface area contributed by atoms with E-state index in [-0.39, 0.29) is 11.6 Å². The van der Waals surface area contributed by atoms with E-state index < -0.39 is 21.2 Å². The summed E-state index contributed by atoms with van der Waals surface area (Å²) in [6.07, 6.45) is 0. The van der Waals surface area contributed by atoms with Crippen molar-refractivity contribution in [2.45, 2.75) is 0 Å². The summed E-state index contributed by atoms with van der Waals surface area (Å²) in [6.45, 7) is 0. The molecule has 0 aliphatic heterocycles. The van der Waals surface area contributed by atoms with Crippen LogP contribution in [0.25, 0.3) is 0 Å². The molecule has 30 heavy (non-hydrogen) atoms. The number of aromatic nitrogens is 1. The number of nitro groups is 2. The van der Waals surface area contributed by atoms with Crippen LogP contribution < -0.4 is 20.1 Å². The topological polar surface area (TPSA) is 142 Å². The highest BCUT2D eigenvalue weighted by Gasteiger charge is 2.27. The summed E-state index contributed by atoms with van der Waals surface area (Å²) in [5.41, 5.74) is -0.295. The molecule has 0 bridgehead atoms. The van der Waals surface area contributed by atoms with Crippen molar-refractivity contribution in [1.29, 1.82) is 0 Å². The molecule has 3 aromatic rings. The third-order valence-electron chi connectivity index (χ3n) is 4.10. The highest BCUT2D eigenvalue weighted by molar-refractivity contribution is 5.78. The summed E-state index contributed by atoms with van der Waals surface area (Å²) in [5, 5.41) is 28.7. The Morgan fingerprint density at radius 3 is 1.53 bits per heavy atom. The smallest absolute Gasteiger partial charge is 0.318 e. The zero-order valence-corrected chi connectivity index (χ0v) is 16.0. The molecule has 0 saturated heterocycles. The first-order valence-corrected chi connectivity index (χ1v) is 8.58. The van der Waals surface area contributed by atoms with Crippen LogP contribution in [-0.4, -0.2) is 29.1 Å². The van der Waals surface area contributed by atoms with E-state index in [0.29, 0.717) is 22.9 Å². The van der Waals surface area contributed by atoms with Crippen molar-refractivity contribution in [1.82, 2.24) is 4.98 Å². The molecule has 0 radical (unpaired) electrons. The number of hydrogen-bond acceptors (Lipinski definition) is 9. The molecule has 154 valence electrons. The van der Waals surface area contributed by atoms with Crippen molar-refractivity contribution in [2.75, 3.05) is 24.9 Å². The molecule has 0 spiro atoms. The van der Waals surface area contributed by atoms with Gasteiger partial charge in [-0.2, -0.15) is 4.98 Å². The van der Waals surface area contributed by atoms with Crippen molar-refractivity contribution >= 4 is 34.4 Å². The Morgan fingerprint density at radius 1 is 0.767 bits per heavy atom. The van der Waals surface area contributed by atoms with Gasteiger partial charge in [-0.1, -0.05) is 24.3 Å². The minimum Gasteiger partial charge on any atom is -0.495 e. The Kier molecular flexibility index (Phi) is 5.92. The third kappa shape index (κ3) is 4.19. The summed E-state index contributed by atoms with van der Waals surface area (Å²) in [4.78, 5) is 25.7. The Balaban J connectivity index is 2.13. The first-order chi connectivity index (χ1) is 14.4. The SMILES string of the molecule is COc1ccccc1Nc1nc(Nc2ccccc2OC)c([N+](=O)[O-])cc1[N+](=O)[O-]. The molecule has 0 fully saturated rings. The summed E-state index contributed by atoms with van der Waals surface area (Å²) >= 11 is 0. The van der Waals surface area contributed by atoms with Crippen molar-refractivity contribution in [3.05, 3.63) is 74.8 Å². The van der Waals surface area contributed by atoms with Gasteiger partial charge in [0.1, 0.15) is 17.6 Å². The molecule has 11 nitrogen and oxygen atoms in total. The number of pyridine rings is 1. The van der Waals surface area contributed by atoms with Crippen LogP contribution in [0.2, 0.25) is 0 Å². The molecule has 0 aliphatic rings. The fraction of sp³-hybridized carbons (Fsp3) is 0.105. The maximum Gasteiger partial charge on any atom is 0.318 e. The van der Waals surface area contributed by atoms with Crippen LogP contribution in [-0.2, 0) is 0 Å². The first kappa shape index (κ1) is 20.3. The number of ether oxygens (including phenoxy) is 2. The average Bonchev–Trinajstić information content (AvgIpc) is 2.74. The molecule has 11 heteroatoms. The van der Waals surface area contributed by atoms with E-state index >= 15 is 0 Å². The molecule has 2 N–H and O–H groups in total. The summed E-state index contributed by atoms with van der Waals surface area (Å²) in [7, 11) is 2.90. The van der Waals surface area contributed by atoms with Gasteiger partial charge < -0.3 is 20.1 Å². The van der Waals surface area contributed by atoms with Gasteiger partial charge >= 0.3 is 11.4 Å². The molecular weight excluding hydrogens is 394 g/mol. The van der Waals surface area contributed by atoms with Crippen LogP contribution in [0.1, 0.15) is 0 Å². The number of rotatable bonds is 8. The van der Waals surface area contributed by atoms with Gasteiger partial charge in [-0.05, 0) is 24.3 Å². The normalized spacial score (nSPS) is 10.2. The van der Waals surface area contributed by atoms with Crippen LogP contribution in [0.3, 0.4) is 0 Å². The maximum absolute atomic E-state index is 11.5. The predicted molar refractivity (Wildman–Crippen MR) is 110 cm³/mol. The van der Waals surface area contributed by atoms with E-state index in [1.165, 1.54) is 14.2 Å². The number of benzene rings is 2. The summed E-state index contributed by atoms with van der Waals surface area (Å²) in [5.74, 6) is 0.470. The van der Waals surface area contributed by atoms with Gasteiger partial charge in [-0.3, -0.25) is 20.2 Å². The quantitative estimate of drug-likeness (QED) is 0.407. The van der Waals surface area contributed by atoms with Crippen molar-refractivity contribution < 1.29 is 19.3 Å². The second kappa shape index (κ2) is 8.73. The van der Waals surface area contributed by atoms with Gasteiger partial charge in [0.15, 0.2) is 0 Å². The van der Waals surface area contributed by atoms with E-state index in [0.717, 1.165) is 6.07 Å². The zero-order valence-electron chi connectivity index (χ0n) is 16.0. The van der Waals surface area contributed by atoms with Gasteiger partial charge in [-0.25, -0.2) is 0 Å². The Bertz CT molecular complexity index is 1020. The summed E-state index contributed by atoms with van der Waals surface area (Å²) < 4.78 is 10.5. The average molecular weight is 411 g/mol. The van der Waals surface area contributed by atoms with E-state index in [4.69, 9.17) is 9.47 Å². The molecule has 1 heterocycles. The highest BCUT2D eigenvalue weighted by Crippen LogP contribution is 2.38. The molecule has 0 atom stereocenters. The molecular formula is C19H17N5O6. The van der Waals surface area contributed by atoms with Gasteiger partial charge in [0.05, 0.1) is 35.4 Å². The lowest BCUT2D eigenvalue weighted by Crippen LogP contribution is -2.07. The van der Waals surface area contributed by atoms with Crippen molar-refractivity contribution in [3.63, 3.8) is 0 Å². The monoisotopic (exact) mass is 411 g/mol. The largest absolute Gasteiger partial charge is 0.495 e. The number of anilines is 4. The Morgan fingerprint density at radius 2 is 1.17 bits per heavy atom. The molecule has 3 rings (SSSR count). The van der Waals surface area contributed by atoms with E-state index in [1.807, 2.05) is 0 Å². The molecule has 2 aromatic carbocycles.